The molecule has 2 N–H and O–H groups in total. The second kappa shape index (κ2) is 6.33. The summed E-state index contributed by atoms with van der Waals surface area (Å²) in [6.07, 6.45) is 1.63. The van der Waals surface area contributed by atoms with Gasteiger partial charge in [-0.25, -0.2) is 0 Å². The van der Waals surface area contributed by atoms with Crippen molar-refractivity contribution in [1.29, 1.82) is 0 Å². The average molecular weight is 279 g/mol. The van der Waals surface area contributed by atoms with Gasteiger partial charge in [0.1, 0.15) is 6.04 Å². The zero-order chi connectivity index (χ0) is 14.5. The van der Waals surface area contributed by atoms with Gasteiger partial charge in [-0.2, -0.15) is 4.98 Å². The van der Waals surface area contributed by atoms with E-state index in [9.17, 15) is 0 Å². The molecule has 0 spiro atoms. The average Bonchev–Trinajstić information content (AvgIpc) is 3.03. The maximum Gasteiger partial charge on any atom is 0.248 e. The molecule has 0 aliphatic rings. The van der Waals surface area contributed by atoms with Gasteiger partial charge >= 0.3 is 0 Å². The molecule has 3 aromatic rings. The molecule has 0 radical (unpaired) electrons. The molecule has 1 unspecified atom stereocenters. The molecular formula is C17H17N3O. The van der Waals surface area contributed by atoms with Gasteiger partial charge in [0.05, 0.1) is 0 Å². The maximum atomic E-state index is 6.14. The Hall–Kier alpha value is -2.46. The number of nitrogens with two attached hydrogens (primary N) is 1. The number of nitrogens with zero attached hydrogens (tertiary/aromatic N) is 2. The quantitative estimate of drug-likeness (QED) is 0.780. The molecule has 0 fully saturated rings. The predicted molar refractivity (Wildman–Crippen MR) is 80.6 cm³/mol. The summed E-state index contributed by atoms with van der Waals surface area (Å²) in [6, 6.07) is 19.6. The highest BCUT2D eigenvalue weighted by Crippen LogP contribution is 2.17. The van der Waals surface area contributed by atoms with E-state index in [1.807, 2.05) is 48.5 Å². The lowest BCUT2D eigenvalue weighted by Crippen LogP contribution is -2.12. The summed E-state index contributed by atoms with van der Waals surface area (Å²) >= 11 is 0. The predicted octanol–water partition coefficient (Wildman–Crippen LogP) is 2.90. The molecule has 0 bridgehead atoms. The molecule has 1 heterocycles. The van der Waals surface area contributed by atoms with Crippen LogP contribution in [0.3, 0.4) is 0 Å². The normalized spacial score (nSPS) is 12.2. The van der Waals surface area contributed by atoms with Crippen LogP contribution in [0, 0.1) is 0 Å². The zero-order valence-corrected chi connectivity index (χ0v) is 11.6. The van der Waals surface area contributed by atoms with Crippen LogP contribution in [0.15, 0.2) is 65.2 Å². The smallest absolute Gasteiger partial charge is 0.248 e. The Balaban J connectivity index is 1.66. The van der Waals surface area contributed by atoms with Gasteiger partial charge < -0.3 is 10.3 Å². The summed E-state index contributed by atoms with van der Waals surface area (Å²) in [5.74, 6) is 1.16. The second-order valence-corrected chi connectivity index (χ2v) is 4.92. The Morgan fingerprint density at radius 2 is 1.57 bits per heavy atom. The Morgan fingerprint density at radius 1 is 0.905 bits per heavy atom. The largest absolute Gasteiger partial charge is 0.337 e. The van der Waals surface area contributed by atoms with Crippen molar-refractivity contribution in [2.45, 2.75) is 18.9 Å². The molecule has 106 valence electrons. The fourth-order valence-electron chi connectivity index (χ4n) is 2.20. The van der Waals surface area contributed by atoms with Crippen LogP contribution in [-0.4, -0.2) is 10.1 Å². The Bertz CT molecular complexity index is 680. The molecule has 0 saturated heterocycles. The Labute approximate surface area is 123 Å². The van der Waals surface area contributed by atoms with Crippen LogP contribution in [0.25, 0.3) is 0 Å². The number of aryl methyl sites for hydroxylation is 2. The van der Waals surface area contributed by atoms with Crippen molar-refractivity contribution in [2.75, 3.05) is 0 Å². The van der Waals surface area contributed by atoms with E-state index < -0.39 is 0 Å². The summed E-state index contributed by atoms with van der Waals surface area (Å²) < 4.78 is 5.28. The molecule has 0 saturated carbocycles. The van der Waals surface area contributed by atoms with Crippen molar-refractivity contribution < 1.29 is 4.52 Å². The molecule has 4 nitrogen and oxygen atoms in total. The van der Waals surface area contributed by atoms with Gasteiger partial charge in [-0.05, 0) is 17.5 Å². The third kappa shape index (κ3) is 3.35. The first-order chi connectivity index (χ1) is 10.3. The lowest BCUT2D eigenvalue weighted by molar-refractivity contribution is 0.362. The van der Waals surface area contributed by atoms with E-state index in [0.717, 1.165) is 18.4 Å². The number of benzene rings is 2. The van der Waals surface area contributed by atoms with E-state index >= 15 is 0 Å². The minimum absolute atomic E-state index is 0.371. The molecule has 2 aromatic carbocycles. The maximum absolute atomic E-state index is 6.14. The Kier molecular flexibility index (Phi) is 4.07. The van der Waals surface area contributed by atoms with Crippen molar-refractivity contribution in [1.82, 2.24) is 10.1 Å². The third-order valence-electron chi connectivity index (χ3n) is 3.39. The van der Waals surface area contributed by atoms with Gasteiger partial charge in [0, 0.05) is 6.42 Å². The number of aromatic nitrogens is 2. The molecule has 4 heteroatoms. The van der Waals surface area contributed by atoms with Crippen molar-refractivity contribution in [3.63, 3.8) is 0 Å². The monoisotopic (exact) mass is 279 g/mol. The summed E-state index contributed by atoms with van der Waals surface area (Å²) in [5, 5.41) is 4.01. The van der Waals surface area contributed by atoms with Gasteiger partial charge in [-0.1, -0.05) is 65.8 Å². The minimum Gasteiger partial charge on any atom is -0.337 e. The third-order valence-corrected chi connectivity index (χ3v) is 3.39. The van der Waals surface area contributed by atoms with E-state index in [1.165, 1.54) is 5.56 Å². The highest BCUT2D eigenvalue weighted by molar-refractivity contribution is 5.23. The SMILES string of the molecule is NC(c1ccccc1)c1nc(CCc2ccccc2)no1. The van der Waals surface area contributed by atoms with Crippen molar-refractivity contribution in [3.05, 3.63) is 83.5 Å². The highest BCUT2D eigenvalue weighted by atomic mass is 16.5. The molecule has 1 atom stereocenters. The standard InChI is InChI=1S/C17H17N3O/c18-16(14-9-5-2-6-10-14)17-19-15(20-21-17)12-11-13-7-3-1-4-8-13/h1-10,16H,11-12,18H2. The fourth-order valence-corrected chi connectivity index (χ4v) is 2.20. The zero-order valence-electron chi connectivity index (χ0n) is 11.6. The summed E-state index contributed by atoms with van der Waals surface area (Å²) in [5.41, 5.74) is 8.37. The van der Waals surface area contributed by atoms with Crippen LogP contribution in [0.1, 0.15) is 28.9 Å². The van der Waals surface area contributed by atoms with Crippen LogP contribution in [0.4, 0.5) is 0 Å². The molecule has 0 aliphatic carbocycles. The lowest BCUT2D eigenvalue weighted by atomic mass is 10.1. The van der Waals surface area contributed by atoms with Gasteiger partial charge in [-0.3, -0.25) is 0 Å². The number of hydrogen-bond donors (Lipinski definition) is 1. The van der Waals surface area contributed by atoms with E-state index in [1.54, 1.807) is 0 Å². The number of hydrogen-bond acceptors (Lipinski definition) is 4. The van der Waals surface area contributed by atoms with E-state index in [0.29, 0.717) is 11.7 Å². The van der Waals surface area contributed by atoms with Gasteiger partial charge in [0.25, 0.3) is 0 Å². The van der Waals surface area contributed by atoms with Crippen LogP contribution in [0.2, 0.25) is 0 Å². The summed E-state index contributed by atoms with van der Waals surface area (Å²) in [6.45, 7) is 0. The number of rotatable bonds is 5. The highest BCUT2D eigenvalue weighted by Gasteiger charge is 2.16. The fraction of sp³-hybridized carbons (Fsp3) is 0.176. The second-order valence-electron chi connectivity index (χ2n) is 4.92. The molecular weight excluding hydrogens is 262 g/mol. The molecule has 0 amide bonds. The molecule has 0 aliphatic heterocycles. The van der Waals surface area contributed by atoms with Crippen molar-refractivity contribution >= 4 is 0 Å². The summed E-state index contributed by atoms with van der Waals surface area (Å²) in [4.78, 5) is 4.40. The molecule has 1 aromatic heterocycles. The van der Waals surface area contributed by atoms with Gasteiger partial charge in [-0.15, -0.1) is 0 Å². The van der Waals surface area contributed by atoms with Crippen LogP contribution in [-0.2, 0) is 12.8 Å². The van der Waals surface area contributed by atoms with Crippen LogP contribution < -0.4 is 5.73 Å². The first-order valence-corrected chi connectivity index (χ1v) is 7.00. The Morgan fingerprint density at radius 3 is 2.29 bits per heavy atom. The minimum atomic E-state index is -0.371. The van der Waals surface area contributed by atoms with E-state index in [4.69, 9.17) is 10.3 Å². The van der Waals surface area contributed by atoms with Crippen molar-refractivity contribution in [2.24, 2.45) is 5.73 Å². The van der Waals surface area contributed by atoms with E-state index in [-0.39, 0.29) is 6.04 Å². The van der Waals surface area contributed by atoms with Gasteiger partial charge in [0.15, 0.2) is 5.82 Å². The topological polar surface area (TPSA) is 64.9 Å². The molecule has 21 heavy (non-hydrogen) atoms. The summed E-state index contributed by atoms with van der Waals surface area (Å²) in [7, 11) is 0. The van der Waals surface area contributed by atoms with Crippen LogP contribution in [0.5, 0.6) is 0 Å². The molecule has 3 rings (SSSR count). The van der Waals surface area contributed by atoms with Crippen LogP contribution >= 0.6 is 0 Å². The van der Waals surface area contributed by atoms with Gasteiger partial charge in [0.2, 0.25) is 5.89 Å². The first kappa shape index (κ1) is 13.5. The van der Waals surface area contributed by atoms with E-state index in [2.05, 4.69) is 22.3 Å². The first-order valence-electron chi connectivity index (χ1n) is 7.00. The lowest BCUT2D eigenvalue weighted by Gasteiger charge is -2.05. The van der Waals surface area contributed by atoms with Crippen molar-refractivity contribution in [3.8, 4) is 0 Å².